The molecule has 0 fully saturated rings. The molecule has 0 bridgehead atoms. The number of hydrogen-bond donors (Lipinski definition) is 1. The summed E-state index contributed by atoms with van der Waals surface area (Å²) < 4.78 is 5.80. The maximum atomic E-state index is 10.4. The molecule has 108 valence electrons. The fraction of sp³-hybridized carbons (Fsp3) is 0.167. The lowest BCUT2D eigenvalue weighted by molar-refractivity contribution is -0.131. The first-order valence-electron chi connectivity index (χ1n) is 6.74. The average Bonchev–Trinajstić information content (AvgIpc) is 2.45. The minimum absolute atomic E-state index is 0.493. The van der Waals surface area contributed by atoms with Gasteiger partial charge in [-0.25, -0.2) is 4.79 Å². The van der Waals surface area contributed by atoms with Gasteiger partial charge in [0.1, 0.15) is 12.4 Å². The minimum atomic E-state index is -0.947. The van der Waals surface area contributed by atoms with Gasteiger partial charge >= 0.3 is 5.97 Å². The summed E-state index contributed by atoms with van der Waals surface area (Å²) in [4.78, 5) is 10.4. The van der Waals surface area contributed by atoms with Crippen molar-refractivity contribution >= 4 is 12.0 Å². The number of carbonyl (C=O) groups is 1. The molecule has 0 saturated heterocycles. The van der Waals surface area contributed by atoms with E-state index in [1.165, 1.54) is 5.56 Å². The molecule has 0 amide bonds. The summed E-state index contributed by atoms with van der Waals surface area (Å²) in [5.74, 6) is -0.0623. The lowest BCUT2D eigenvalue weighted by atomic mass is 10.1. The monoisotopic (exact) mass is 282 g/mol. The van der Waals surface area contributed by atoms with Crippen LogP contribution in [0, 0.1) is 13.8 Å². The van der Waals surface area contributed by atoms with Crippen molar-refractivity contribution in [2.24, 2.45) is 0 Å². The van der Waals surface area contributed by atoms with Crippen LogP contribution in [0.5, 0.6) is 5.75 Å². The quantitative estimate of drug-likeness (QED) is 0.844. The molecule has 0 aromatic heterocycles. The third-order valence-electron chi connectivity index (χ3n) is 3.12. The predicted molar refractivity (Wildman–Crippen MR) is 83.4 cm³/mol. The highest BCUT2D eigenvalue weighted by molar-refractivity contribution is 5.85. The molecule has 2 aromatic carbocycles. The highest BCUT2D eigenvalue weighted by Crippen LogP contribution is 2.20. The van der Waals surface area contributed by atoms with Crippen LogP contribution in [0.25, 0.3) is 6.08 Å². The van der Waals surface area contributed by atoms with Gasteiger partial charge in [0.15, 0.2) is 0 Å². The van der Waals surface area contributed by atoms with Crippen LogP contribution in [-0.2, 0) is 11.4 Å². The number of aryl methyl sites for hydroxylation is 2. The maximum Gasteiger partial charge on any atom is 0.328 e. The molecule has 2 rings (SSSR count). The van der Waals surface area contributed by atoms with Crippen molar-refractivity contribution in [1.82, 2.24) is 0 Å². The molecular weight excluding hydrogens is 264 g/mol. The smallest absolute Gasteiger partial charge is 0.328 e. The lowest BCUT2D eigenvalue weighted by Gasteiger charge is -2.10. The number of rotatable bonds is 5. The Hall–Kier alpha value is -2.55. The summed E-state index contributed by atoms with van der Waals surface area (Å²) in [6.45, 7) is 4.58. The number of ether oxygens (including phenoxy) is 1. The fourth-order valence-electron chi connectivity index (χ4n) is 2.01. The molecule has 1 N–H and O–H groups in total. The van der Waals surface area contributed by atoms with Crippen molar-refractivity contribution in [2.45, 2.75) is 20.5 Å². The second-order valence-corrected chi connectivity index (χ2v) is 4.97. The van der Waals surface area contributed by atoms with Crippen LogP contribution in [-0.4, -0.2) is 11.1 Å². The summed E-state index contributed by atoms with van der Waals surface area (Å²) >= 11 is 0. The van der Waals surface area contributed by atoms with Crippen LogP contribution >= 0.6 is 0 Å². The van der Waals surface area contributed by atoms with Crippen LogP contribution < -0.4 is 4.74 Å². The van der Waals surface area contributed by atoms with Gasteiger partial charge in [-0.05, 0) is 42.7 Å². The first-order chi connectivity index (χ1) is 10.0. The van der Waals surface area contributed by atoms with Crippen molar-refractivity contribution < 1.29 is 14.6 Å². The molecule has 2 aromatic rings. The van der Waals surface area contributed by atoms with Gasteiger partial charge in [0, 0.05) is 6.08 Å². The molecule has 0 heterocycles. The Kier molecular flexibility index (Phi) is 4.77. The Bertz CT molecular complexity index is 655. The number of aliphatic carboxylic acids is 1. The predicted octanol–water partition coefficient (Wildman–Crippen LogP) is 3.98. The van der Waals surface area contributed by atoms with E-state index in [4.69, 9.17) is 9.84 Å². The highest BCUT2D eigenvalue weighted by Gasteiger charge is 2.00. The molecule has 0 unspecified atom stereocenters. The normalized spacial score (nSPS) is 10.8. The van der Waals surface area contributed by atoms with Gasteiger partial charge in [-0.2, -0.15) is 0 Å². The van der Waals surface area contributed by atoms with Crippen LogP contribution in [0.3, 0.4) is 0 Å². The van der Waals surface area contributed by atoms with E-state index in [2.05, 4.69) is 13.0 Å². The lowest BCUT2D eigenvalue weighted by Crippen LogP contribution is -1.97. The fourth-order valence-corrected chi connectivity index (χ4v) is 2.01. The van der Waals surface area contributed by atoms with Crippen molar-refractivity contribution in [2.75, 3.05) is 0 Å². The molecule has 21 heavy (non-hydrogen) atoms. The highest BCUT2D eigenvalue weighted by atomic mass is 16.5. The first kappa shape index (κ1) is 14.9. The molecule has 0 aliphatic heterocycles. The van der Waals surface area contributed by atoms with Crippen molar-refractivity contribution in [3.63, 3.8) is 0 Å². The molecule has 0 saturated carbocycles. The third-order valence-corrected chi connectivity index (χ3v) is 3.12. The van der Waals surface area contributed by atoms with E-state index < -0.39 is 5.97 Å². The SMILES string of the molecule is Cc1ccc(OCc2ccc(C=CC(=O)O)cc2)c(C)c1. The molecule has 0 spiro atoms. The van der Waals surface area contributed by atoms with E-state index >= 15 is 0 Å². The van der Waals surface area contributed by atoms with Gasteiger partial charge in [0.05, 0.1) is 0 Å². The Morgan fingerprint density at radius 1 is 1.14 bits per heavy atom. The van der Waals surface area contributed by atoms with Gasteiger partial charge in [-0.15, -0.1) is 0 Å². The molecule has 3 nitrogen and oxygen atoms in total. The van der Waals surface area contributed by atoms with Gasteiger partial charge < -0.3 is 9.84 Å². The van der Waals surface area contributed by atoms with Crippen LogP contribution in [0.1, 0.15) is 22.3 Å². The first-order valence-corrected chi connectivity index (χ1v) is 6.74. The number of benzene rings is 2. The van der Waals surface area contributed by atoms with E-state index in [9.17, 15) is 4.79 Å². The van der Waals surface area contributed by atoms with Gasteiger partial charge in [0.25, 0.3) is 0 Å². The average molecular weight is 282 g/mol. The zero-order chi connectivity index (χ0) is 15.2. The number of carboxylic acids is 1. The zero-order valence-corrected chi connectivity index (χ0v) is 12.2. The van der Waals surface area contributed by atoms with Crippen LogP contribution in [0.15, 0.2) is 48.5 Å². The second kappa shape index (κ2) is 6.75. The topological polar surface area (TPSA) is 46.5 Å². The van der Waals surface area contributed by atoms with Gasteiger partial charge in [-0.1, -0.05) is 42.0 Å². The number of carboxylic acid groups (broad SMARTS) is 1. The summed E-state index contributed by atoms with van der Waals surface area (Å²) in [5, 5.41) is 8.58. The van der Waals surface area contributed by atoms with Crippen LogP contribution in [0.2, 0.25) is 0 Å². The van der Waals surface area contributed by atoms with Crippen LogP contribution in [0.4, 0.5) is 0 Å². The van der Waals surface area contributed by atoms with Crippen molar-refractivity contribution in [1.29, 1.82) is 0 Å². The molecule has 0 radical (unpaired) electrons. The van der Waals surface area contributed by atoms with E-state index in [1.807, 2.05) is 43.3 Å². The van der Waals surface area contributed by atoms with Crippen molar-refractivity contribution in [3.8, 4) is 5.75 Å². The van der Waals surface area contributed by atoms with E-state index in [1.54, 1.807) is 6.08 Å². The minimum Gasteiger partial charge on any atom is -0.489 e. The summed E-state index contributed by atoms with van der Waals surface area (Å²) in [7, 11) is 0. The summed E-state index contributed by atoms with van der Waals surface area (Å²) in [5.41, 5.74) is 4.24. The second-order valence-electron chi connectivity index (χ2n) is 4.97. The Balaban J connectivity index is 1.99. The van der Waals surface area contributed by atoms with Gasteiger partial charge in [-0.3, -0.25) is 0 Å². The van der Waals surface area contributed by atoms with E-state index in [0.717, 1.165) is 28.5 Å². The Morgan fingerprint density at radius 2 is 1.86 bits per heavy atom. The molecule has 0 aliphatic carbocycles. The summed E-state index contributed by atoms with van der Waals surface area (Å²) in [6, 6.07) is 13.7. The van der Waals surface area contributed by atoms with E-state index in [0.29, 0.717) is 6.61 Å². The molecule has 3 heteroatoms. The largest absolute Gasteiger partial charge is 0.489 e. The molecular formula is C18H18O3. The molecule has 0 atom stereocenters. The summed E-state index contributed by atoms with van der Waals surface area (Å²) in [6.07, 6.45) is 2.69. The van der Waals surface area contributed by atoms with Gasteiger partial charge in [0.2, 0.25) is 0 Å². The Labute approximate surface area is 124 Å². The van der Waals surface area contributed by atoms with Crippen molar-refractivity contribution in [3.05, 3.63) is 70.8 Å². The number of hydrogen-bond acceptors (Lipinski definition) is 2. The maximum absolute atomic E-state index is 10.4. The standard InChI is InChI=1S/C18H18O3/c1-13-3-9-17(14(2)11-13)21-12-16-6-4-15(5-7-16)8-10-18(19)20/h3-11H,12H2,1-2H3,(H,19,20). The zero-order valence-electron chi connectivity index (χ0n) is 12.2. The van der Waals surface area contributed by atoms with E-state index in [-0.39, 0.29) is 0 Å². The Morgan fingerprint density at radius 3 is 2.48 bits per heavy atom. The third kappa shape index (κ3) is 4.49. The molecule has 0 aliphatic rings.